The lowest BCUT2D eigenvalue weighted by molar-refractivity contribution is -0.0568. The fourth-order valence-electron chi connectivity index (χ4n) is 5.47. The minimum Gasteiger partial charge on any atom is -0.497 e. The van der Waals surface area contributed by atoms with Gasteiger partial charge in [0, 0.05) is 23.7 Å². The summed E-state index contributed by atoms with van der Waals surface area (Å²) in [4.78, 5) is 20.3. The van der Waals surface area contributed by atoms with Gasteiger partial charge < -0.3 is 14.2 Å². The molecule has 3 aliphatic heterocycles. The van der Waals surface area contributed by atoms with E-state index >= 15 is 0 Å². The summed E-state index contributed by atoms with van der Waals surface area (Å²) < 4.78 is 17.0. The van der Waals surface area contributed by atoms with Crippen molar-refractivity contribution in [2.75, 3.05) is 27.3 Å². The van der Waals surface area contributed by atoms with Crippen LogP contribution in [0.1, 0.15) is 34.9 Å². The van der Waals surface area contributed by atoms with Crippen LogP contribution in [0, 0.1) is 11.8 Å². The van der Waals surface area contributed by atoms with Crippen molar-refractivity contribution in [2.45, 2.75) is 25.0 Å². The number of methoxy groups -OCH3 is 2. The maximum Gasteiger partial charge on any atom is 0.338 e. The number of rotatable bonds is 7. The molecule has 1 unspecified atom stereocenters. The van der Waals surface area contributed by atoms with Gasteiger partial charge in [-0.25, -0.2) is 4.79 Å². The number of ether oxygens (including phenoxy) is 3. The monoisotopic (exact) mass is 458 g/mol. The van der Waals surface area contributed by atoms with Crippen molar-refractivity contribution in [1.29, 1.82) is 0 Å². The Labute approximate surface area is 200 Å². The highest BCUT2D eigenvalue weighted by Crippen LogP contribution is 2.44. The molecule has 0 N–H and O–H groups in total. The molecule has 176 valence electrons. The first-order chi connectivity index (χ1) is 16.6. The first-order valence-electron chi connectivity index (χ1n) is 11.8. The van der Waals surface area contributed by atoms with Crippen LogP contribution in [-0.4, -0.2) is 49.2 Å². The van der Waals surface area contributed by atoms with E-state index in [2.05, 4.69) is 22.5 Å². The highest BCUT2D eigenvalue weighted by atomic mass is 16.5. The SMILES string of the molecule is C=C[C@@H]1CN2CC[C@H]1C[C@H]2[C@H](OC(=O)c1ccc(OC)cc1)c1ccnc2ccc(OC)cc12. The molecule has 5 atom stereocenters. The zero-order chi connectivity index (χ0) is 23.7. The van der Waals surface area contributed by atoms with Gasteiger partial charge in [0.15, 0.2) is 0 Å². The molecule has 3 fully saturated rings. The van der Waals surface area contributed by atoms with Crippen molar-refractivity contribution in [3.05, 3.63) is 78.5 Å². The Kier molecular flexibility index (Phi) is 6.24. The molecule has 3 aromatic rings. The van der Waals surface area contributed by atoms with Crippen LogP contribution in [0.4, 0.5) is 0 Å². The summed E-state index contributed by atoms with van der Waals surface area (Å²) in [5.74, 6) is 2.14. The second-order valence-corrected chi connectivity index (χ2v) is 9.08. The summed E-state index contributed by atoms with van der Waals surface area (Å²) in [6, 6.07) is 14.9. The molecule has 4 heterocycles. The Morgan fingerprint density at radius 2 is 1.88 bits per heavy atom. The third-order valence-electron chi connectivity index (χ3n) is 7.35. The molecule has 3 aliphatic rings. The van der Waals surface area contributed by atoms with Gasteiger partial charge in [-0.3, -0.25) is 9.88 Å². The summed E-state index contributed by atoms with van der Waals surface area (Å²) in [7, 11) is 3.26. The van der Waals surface area contributed by atoms with Crippen molar-refractivity contribution >= 4 is 16.9 Å². The van der Waals surface area contributed by atoms with E-state index in [1.165, 1.54) is 0 Å². The molecular formula is C28H30N2O4. The third-order valence-corrected chi connectivity index (χ3v) is 7.35. The Balaban J connectivity index is 1.54. The fourth-order valence-corrected chi connectivity index (χ4v) is 5.47. The summed E-state index contributed by atoms with van der Waals surface area (Å²) in [5, 5.41) is 0.942. The van der Waals surface area contributed by atoms with E-state index in [-0.39, 0.29) is 12.0 Å². The van der Waals surface area contributed by atoms with Crippen molar-refractivity contribution in [2.24, 2.45) is 11.8 Å². The number of piperidine rings is 3. The minimum atomic E-state index is -0.430. The van der Waals surface area contributed by atoms with Gasteiger partial charge in [-0.1, -0.05) is 6.08 Å². The number of esters is 1. The Hall–Kier alpha value is -3.38. The first-order valence-corrected chi connectivity index (χ1v) is 11.8. The van der Waals surface area contributed by atoms with Gasteiger partial charge in [-0.2, -0.15) is 0 Å². The van der Waals surface area contributed by atoms with E-state index in [1.54, 1.807) is 44.7 Å². The second kappa shape index (κ2) is 9.47. The number of carbonyl (C=O) groups excluding carboxylic acids is 1. The number of hydrogen-bond acceptors (Lipinski definition) is 6. The van der Waals surface area contributed by atoms with Gasteiger partial charge in [0.1, 0.15) is 17.6 Å². The van der Waals surface area contributed by atoms with Crippen LogP contribution in [0.15, 0.2) is 67.4 Å². The second-order valence-electron chi connectivity index (χ2n) is 9.08. The molecule has 0 saturated carbocycles. The quantitative estimate of drug-likeness (QED) is 0.365. The molecule has 0 aliphatic carbocycles. The molecule has 2 bridgehead atoms. The normalized spacial score (nSPS) is 24.4. The molecule has 0 radical (unpaired) electrons. The highest BCUT2D eigenvalue weighted by molar-refractivity contribution is 5.90. The summed E-state index contributed by atoms with van der Waals surface area (Å²) in [5.41, 5.74) is 2.31. The van der Waals surface area contributed by atoms with E-state index in [9.17, 15) is 4.79 Å². The van der Waals surface area contributed by atoms with Crippen molar-refractivity contribution in [1.82, 2.24) is 9.88 Å². The van der Waals surface area contributed by atoms with Crippen molar-refractivity contribution in [3.63, 3.8) is 0 Å². The Bertz CT molecular complexity index is 1190. The number of nitrogens with zero attached hydrogens (tertiary/aromatic N) is 2. The zero-order valence-corrected chi connectivity index (χ0v) is 19.6. The lowest BCUT2D eigenvalue weighted by Gasteiger charge is -2.51. The molecule has 3 saturated heterocycles. The fraction of sp³-hybridized carbons (Fsp3) is 0.357. The number of aromatic nitrogens is 1. The topological polar surface area (TPSA) is 60.9 Å². The zero-order valence-electron chi connectivity index (χ0n) is 19.6. The van der Waals surface area contributed by atoms with E-state index in [0.29, 0.717) is 23.1 Å². The average Bonchev–Trinajstić information content (AvgIpc) is 2.91. The van der Waals surface area contributed by atoms with Crippen LogP contribution in [0.3, 0.4) is 0 Å². The predicted molar refractivity (Wildman–Crippen MR) is 131 cm³/mol. The summed E-state index contributed by atoms with van der Waals surface area (Å²) in [6.45, 7) is 6.00. The van der Waals surface area contributed by atoms with Gasteiger partial charge in [-0.15, -0.1) is 6.58 Å². The van der Waals surface area contributed by atoms with Gasteiger partial charge in [0.25, 0.3) is 0 Å². The van der Waals surface area contributed by atoms with E-state index < -0.39 is 6.10 Å². The molecule has 6 heteroatoms. The van der Waals surface area contributed by atoms with E-state index in [4.69, 9.17) is 14.2 Å². The Morgan fingerprint density at radius 3 is 2.56 bits per heavy atom. The van der Waals surface area contributed by atoms with E-state index in [0.717, 1.165) is 48.1 Å². The number of benzene rings is 2. The van der Waals surface area contributed by atoms with Gasteiger partial charge in [-0.05, 0) is 79.8 Å². The van der Waals surface area contributed by atoms with Crippen LogP contribution >= 0.6 is 0 Å². The van der Waals surface area contributed by atoms with Gasteiger partial charge in [0.2, 0.25) is 0 Å². The molecule has 0 spiro atoms. The molecule has 6 nitrogen and oxygen atoms in total. The van der Waals surface area contributed by atoms with Crippen LogP contribution in [0.2, 0.25) is 0 Å². The van der Waals surface area contributed by atoms with Crippen LogP contribution in [0.25, 0.3) is 10.9 Å². The van der Waals surface area contributed by atoms with Gasteiger partial charge >= 0.3 is 5.97 Å². The molecule has 34 heavy (non-hydrogen) atoms. The van der Waals surface area contributed by atoms with Crippen LogP contribution < -0.4 is 9.47 Å². The van der Waals surface area contributed by atoms with Crippen LogP contribution in [0.5, 0.6) is 11.5 Å². The lowest BCUT2D eigenvalue weighted by Crippen LogP contribution is -2.55. The molecule has 6 rings (SSSR count). The molecule has 1 aromatic heterocycles. The Morgan fingerprint density at radius 1 is 1.12 bits per heavy atom. The summed E-state index contributed by atoms with van der Waals surface area (Å²) in [6.07, 6.45) is 5.56. The maximum atomic E-state index is 13.3. The standard InChI is InChI=1S/C28H30N2O4/c1-4-18-17-30-14-12-20(18)15-26(30)27(34-28(31)19-5-7-21(32-2)8-6-19)23-11-13-29-25-10-9-22(33-3)16-24(23)25/h4-11,13,16,18,20,26-27H,1,12,14-15,17H2,2-3H3/t18-,20+,26+,27-/m1/s1. The maximum absolute atomic E-state index is 13.3. The van der Waals surface area contributed by atoms with Crippen molar-refractivity contribution < 1.29 is 19.0 Å². The first kappa shape index (κ1) is 22.4. The summed E-state index contributed by atoms with van der Waals surface area (Å²) >= 11 is 0. The largest absolute Gasteiger partial charge is 0.497 e. The number of carbonyl (C=O) groups is 1. The number of fused-ring (bicyclic) bond motifs is 4. The molecule has 2 aromatic carbocycles. The number of hydrogen-bond donors (Lipinski definition) is 0. The van der Waals surface area contributed by atoms with Crippen molar-refractivity contribution in [3.8, 4) is 11.5 Å². The average molecular weight is 459 g/mol. The number of pyridine rings is 1. The third kappa shape index (κ3) is 4.14. The highest BCUT2D eigenvalue weighted by Gasteiger charge is 2.44. The lowest BCUT2D eigenvalue weighted by atomic mass is 9.73. The van der Waals surface area contributed by atoms with Crippen LogP contribution in [-0.2, 0) is 4.74 Å². The molecular weight excluding hydrogens is 428 g/mol. The smallest absolute Gasteiger partial charge is 0.338 e. The molecule has 0 amide bonds. The van der Waals surface area contributed by atoms with E-state index in [1.807, 2.05) is 24.3 Å². The minimum absolute atomic E-state index is 0.0916. The van der Waals surface area contributed by atoms with Gasteiger partial charge in [0.05, 0.1) is 31.3 Å². The predicted octanol–water partition coefficient (Wildman–Crippen LogP) is 5.05.